The zero-order valence-electron chi connectivity index (χ0n) is 21.3. The molecule has 0 aliphatic carbocycles. The normalized spacial score (nSPS) is 19.0. The Morgan fingerprint density at radius 3 is 2.62 bits per heavy atom. The molecule has 1 aliphatic rings. The summed E-state index contributed by atoms with van der Waals surface area (Å²) >= 11 is 6.22. The van der Waals surface area contributed by atoms with Gasteiger partial charge in [-0.1, -0.05) is 48.0 Å². The van der Waals surface area contributed by atoms with E-state index in [0.29, 0.717) is 35.8 Å². The van der Waals surface area contributed by atoms with E-state index in [4.69, 9.17) is 21.1 Å². The number of para-hydroxylation sites is 1. The average Bonchev–Trinajstić information content (AvgIpc) is 3.30. The Hall–Kier alpha value is -3.13. The average molecular weight is 528 g/mol. The molecule has 196 valence electrons. The second-order valence-corrected chi connectivity index (χ2v) is 9.88. The largest absolute Gasteiger partial charge is 0.493 e. The summed E-state index contributed by atoms with van der Waals surface area (Å²) < 4.78 is 25.0. The molecule has 6 nitrogen and oxygen atoms in total. The fourth-order valence-electron chi connectivity index (χ4n) is 5.16. The van der Waals surface area contributed by atoms with Crippen LogP contribution in [0.25, 0.3) is 0 Å². The number of halogens is 2. The Balaban J connectivity index is 1.42. The molecule has 4 N–H and O–H groups in total. The topological polar surface area (TPSA) is 68.6 Å². The number of amides is 1. The molecule has 8 heteroatoms. The monoisotopic (exact) mass is 527 g/mol. The first-order valence-corrected chi connectivity index (χ1v) is 13.0. The smallest absolute Gasteiger partial charge is 0.278 e. The van der Waals surface area contributed by atoms with Gasteiger partial charge >= 0.3 is 0 Å². The van der Waals surface area contributed by atoms with E-state index in [1.165, 1.54) is 11.0 Å². The highest BCUT2D eigenvalue weighted by molar-refractivity contribution is 6.30. The molecule has 3 atom stereocenters. The van der Waals surface area contributed by atoms with Gasteiger partial charge in [0.2, 0.25) is 0 Å². The van der Waals surface area contributed by atoms with Crippen LogP contribution in [0.1, 0.15) is 23.1 Å². The van der Waals surface area contributed by atoms with Crippen molar-refractivity contribution in [2.45, 2.75) is 38.0 Å². The van der Waals surface area contributed by atoms with Gasteiger partial charge in [-0.3, -0.25) is 4.79 Å². The minimum absolute atomic E-state index is 0.00299. The number of likely N-dealkylation sites (tertiary alicyclic amines) is 1. The van der Waals surface area contributed by atoms with Gasteiger partial charge in [0.05, 0.1) is 26.2 Å². The van der Waals surface area contributed by atoms with Crippen LogP contribution >= 0.6 is 11.6 Å². The highest BCUT2D eigenvalue weighted by Gasteiger charge is 2.42. The van der Waals surface area contributed by atoms with Crippen LogP contribution in [-0.2, 0) is 24.3 Å². The molecule has 37 heavy (non-hydrogen) atoms. The predicted molar refractivity (Wildman–Crippen MR) is 141 cm³/mol. The predicted octanol–water partition coefficient (Wildman–Crippen LogP) is 2.14. The zero-order chi connectivity index (χ0) is 26.2. The third-order valence-electron chi connectivity index (χ3n) is 7.00. The second-order valence-electron chi connectivity index (χ2n) is 9.44. The summed E-state index contributed by atoms with van der Waals surface area (Å²) in [6.07, 6.45) is 1.20. The first kappa shape index (κ1) is 26.9. The molecule has 0 radical (unpaired) electrons. The Morgan fingerprint density at radius 2 is 1.86 bits per heavy atom. The Morgan fingerprint density at radius 1 is 1.08 bits per heavy atom. The molecule has 3 unspecified atom stereocenters. The maximum Gasteiger partial charge on any atom is 0.278 e. The molecular formula is C29H35ClFN3O3+2. The zero-order valence-corrected chi connectivity index (χ0v) is 22.1. The molecule has 1 heterocycles. The Labute approximate surface area is 222 Å². The van der Waals surface area contributed by atoms with Gasteiger partial charge in [-0.2, -0.15) is 0 Å². The SMILES string of the molecule is COc1cccc(C[NH2+]C2CC(C(=O)NCCc3ccccc3F)[NH+](Cc3cccc(Cl)c3)C2)c1OC. The number of rotatable bonds is 11. The van der Waals surface area contributed by atoms with Crippen LogP contribution in [-0.4, -0.2) is 45.3 Å². The van der Waals surface area contributed by atoms with E-state index < -0.39 is 0 Å². The van der Waals surface area contributed by atoms with Crippen LogP contribution in [0.5, 0.6) is 11.5 Å². The summed E-state index contributed by atoms with van der Waals surface area (Å²) in [4.78, 5) is 14.5. The van der Waals surface area contributed by atoms with Crippen molar-refractivity contribution >= 4 is 17.5 Å². The van der Waals surface area contributed by atoms with Crippen molar-refractivity contribution in [2.75, 3.05) is 27.3 Å². The summed E-state index contributed by atoms with van der Waals surface area (Å²) in [6.45, 7) is 2.66. The highest BCUT2D eigenvalue weighted by Crippen LogP contribution is 2.30. The quantitative estimate of drug-likeness (QED) is 0.358. The van der Waals surface area contributed by atoms with E-state index in [1.54, 1.807) is 26.4 Å². The van der Waals surface area contributed by atoms with Crippen molar-refractivity contribution in [1.82, 2.24) is 5.32 Å². The number of methoxy groups -OCH3 is 2. The van der Waals surface area contributed by atoms with Gasteiger partial charge in [0.15, 0.2) is 17.5 Å². The number of ether oxygens (including phenoxy) is 2. The van der Waals surface area contributed by atoms with Crippen LogP contribution in [0.4, 0.5) is 4.39 Å². The van der Waals surface area contributed by atoms with Gasteiger partial charge in [0.1, 0.15) is 31.5 Å². The van der Waals surface area contributed by atoms with Crippen LogP contribution in [0.15, 0.2) is 66.7 Å². The van der Waals surface area contributed by atoms with E-state index in [1.807, 2.05) is 48.5 Å². The van der Waals surface area contributed by atoms with Crippen LogP contribution in [0.2, 0.25) is 5.02 Å². The third-order valence-corrected chi connectivity index (χ3v) is 7.23. The summed E-state index contributed by atoms with van der Waals surface area (Å²) in [7, 11) is 3.28. The van der Waals surface area contributed by atoms with Gasteiger partial charge in [-0.15, -0.1) is 0 Å². The van der Waals surface area contributed by atoms with E-state index in [0.717, 1.165) is 36.4 Å². The molecule has 4 rings (SSSR count). The van der Waals surface area contributed by atoms with Gasteiger partial charge < -0.3 is 25.0 Å². The maximum atomic E-state index is 14.0. The van der Waals surface area contributed by atoms with E-state index in [-0.39, 0.29) is 23.8 Å². The summed E-state index contributed by atoms with van der Waals surface area (Å²) in [5.41, 5.74) is 2.76. The fourth-order valence-corrected chi connectivity index (χ4v) is 5.37. The second kappa shape index (κ2) is 12.9. The molecule has 0 saturated carbocycles. The van der Waals surface area contributed by atoms with E-state index in [2.05, 4.69) is 10.6 Å². The molecule has 0 bridgehead atoms. The van der Waals surface area contributed by atoms with Crippen molar-refractivity contribution in [3.8, 4) is 11.5 Å². The minimum atomic E-state index is -0.242. The third kappa shape index (κ3) is 7.01. The first-order valence-electron chi connectivity index (χ1n) is 12.6. The highest BCUT2D eigenvalue weighted by atomic mass is 35.5. The number of nitrogens with two attached hydrogens (primary N) is 1. The van der Waals surface area contributed by atoms with E-state index >= 15 is 0 Å². The number of benzene rings is 3. The standard InChI is InChI=1S/C29H33ClFN3O3/c1-36-27-12-6-9-22(28(27)37-2)17-33-24-16-26(34(19-24)18-20-7-5-10-23(30)15-20)29(35)32-14-13-21-8-3-4-11-25(21)31/h3-12,15,24,26,33H,13-14,16-19H2,1-2H3,(H,32,35)/p+2. The molecule has 3 aromatic carbocycles. The van der Waals surface area contributed by atoms with Crippen molar-refractivity contribution in [1.29, 1.82) is 0 Å². The summed E-state index contributed by atoms with van der Waals surface area (Å²) in [5, 5.41) is 6.02. The van der Waals surface area contributed by atoms with Crippen molar-refractivity contribution < 1.29 is 28.9 Å². The van der Waals surface area contributed by atoms with Crippen LogP contribution < -0.4 is 25.0 Å². The molecule has 1 fully saturated rings. The number of quaternary nitrogens is 2. The van der Waals surface area contributed by atoms with E-state index in [9.17, 15) is 9.18 Å². The number of nitrogens with one attached hydrogen (secondary N) is 2. The van der Waals surface area contributed by atoms with Crippen LogP contribution in [0, 0.1) is 5.82 Å². The Kier molecular flexibility index (Phi) is 9.39. The molecule has 0 aromatic heterocycles. The van der Waals surface area contributed by atoms with Gasteiger partial charge in [0.25, 0.3) is 5.91 Å². The molecule has 1 aliphatic heterocycles. The first-order chi connectivity index (χ1) is 18.0. The minimum Gasteiger partial charge on any atom is -0.493 e. The van der Waals surface area contributed by atoms with Gasteiger partial charge in [-0.25, -0.2) is 4.39 Å². The molecular weight excluding hydrogens is 493 g/mol. The molecule has 3 aromatic rings. The summed E-state index contributed by atoms with van der Waals surface area (Å²) in [5.74, 6) is 1.21. The lowest BCUT2D eigenvalue weighted by Gasteiger charge is -2.20. The number of hydrogen-bond donors (Lipinski definition) is 3. The fraction of sp³-hybridized carbons (Fsp3) is 0.345. The van der Waals surface area contributed by atoms with Crippen molar-refractivity contribution in [3.63, 3.8) is 0 Å². The molecule has 1 amide bonds. The van der Waals surface area contributed by atoms with Gasteiger partial charge in [-0.05, 0) is 42.3 Å². The lowest BCUT2D eigenvalue weighted by molar-refractivity contribution is -0.925. The Bertz CT molecular complexity index is 1210. The number of hydrogen-bond acceptors (Lipinski definition) is 3. The maximum absolute atomic E-state index is 14.0. The number of carbonyl (C=O) groups excluding carboxylic acids is 1. The number of carbonyl (C=O) groups is 1. The molecule has 0 spiro atoms. The lowest BCUT2D eigenvalue weighted by Crippen LogP contribution is -3.15. The molecule has 1 saturated heterocycles. The lowest BCUT2D eigenvalue weighted by atomic mass is 10.1. The summed E-state index contributed by atoms with van der Waals surface area (Å²) in [6, 6.07) is 20.4. The van der Waals surface area contributed by atoms with Crippen molar-refractivity contribution in [3.05, 3.63) is 94.3 Å². The van der Waals surface area contributed by atoms with Gasteiger partial charge in [0, 0.05) is 17.1 Å². The van der Waals surface area contributed by atoms with Crippen LogP contribution in [0.3, 0.4) is 0 Å². The van der Waals surface area contributed by atoms with Crippen molar-refractivity contribution in [2.24, 2.45) is 0 Å².